The summed E-state index contributed by atoms with van der Waals surface area (Å²) in [6, 6.07) is 12.9. The molecule has 1 unspecified atom stereocenters. The van der Waals surface area contributed by atoms with E-state index >= 15 is 0 Å². The van der Waals surface area contributed by atoms with Gasteiger partial charge in [0.25, 0.3) is 0 Å². The molecule has 2 aromatic rings. The average molecular weight is 286 g/mol. The number of benzene rings is 1. The lowest BCUT2D eigenvalue weighted by Gasteiger charge is -2.10. The molecule has 0 aliphatic rings. The van der Waals surface area contributed by atoms with Crippen molar-refractivity contribution in [3.05, 3.63) is 46.7 Å². The van der Waals surface area contributed by atoms with Crippen molar-refractivity contribution >= 4 is 22.9 Å². The SMILES string of the molecule is COc1ccc(NC(=O)C(C#N)Cc2cccs2)cc1. The number of nitrogens with one attached hydrogen (secondary N) is 1. The van der Waals surface area contributed by atoms with Crippen molar-refractivity contribution in [1.29, 1.82) is 5.26 Å². The molecule has 1 N–H and O–H groups in total. The fraction of sp³-hybridized carbons (Fsp3) is 0.200. The number of ether oxygens (including phenoxy) is 1. The minimum atomic E-state index is -0.684. The molecule has 2 rings (SSSR count). The van der Waals surface area contributed by atoms with E-state index in [1.807, 2.05) is 17.5 Å². The van der Waals surface area contributed by atoms with Crippen molar-refractivity contribution in [2.75, 3.05) is 12.4 Å². The molecule has 1 amide bonds. The van der Waals surface area contributed by atoms with Gasteiger partial charge in [-0.1, -0.05) is 6.07 Å². The molecule has 1 heterocycles. The van der Waals surface area contributed by atoms with Crippen LogP contribution in [0.25, 0.3) is 0 Å². The highest BCUT2D eigenvalue weighted by Gasteiger charge is 2.19. The first-order chi connectivity index (χ1) is 9.72. The van der Waals surface area contributed by atoms with E-state index in [9.17, 15) is 4.79 Å². The molecular formula is C15H14N2O2S. The summed E-state index contributed by atoms with van der Waals surface area (Å²) in [7, 11) is 1.58. The van der Waals surface area contributed by atoms with Crippen LogP contribution in [0.5, 0.6) is 5.75 Å². The third-order valence-corrected chi connectivity index (χ3v) is 3.71. The number of carbonyl (C=O) groups is 1. The normalized spacial score (nSPS) is 11.4. The van der Waals surface area contributed by atoms with Crippen LogP contribution in [-0.2, 0) is 11.2 Å². The summed E-state index contributed by atoms with van der Waals surface area (Å²) in [5.74, 6) is -0.250. The van der Waals surface area contributed by atoms with E-state index in [0.717, 1.165) is 10.6 Å². The lowest BCUT2D eigenvalue weighted by Crippen LogP contribution is -2.23. The quantitative estimate of drug-likeness (QED) is 0.918. The number of hydrogen-bond donors (Lipinski definition) is 1. The van der Waals surface area contributed by atoms with Gasteiger partial charge in [0.1, 0.15) is 11.7 Å². The standard InChI is InChI=1S/C15H14N2O2S/c1-19-13-6-4-12(5-7-13)17-15(18)11(10-16)9-14-3-2-8-20-14/h2-8,11H,9H2,1H3,(H,17,18). The van der Waals surface area contributed by atoms with Gasteiger partial charge in [-0.3, -0.25) is 4.79 Å². The van der Waals surface area contributed by atoms with Gasteiger partial charge in [-0.05, 0) is 35.7 Å². The highest BCUT2D eigenvalue weighted by molar-refractivity contribution is 7.09. The van der Waals surface area contributed by atoms with E-state index in [2.05, 4.69) is 11.4 Å². The summed E-state index contributed by atoms with van der Waals surface area (Å²) in [4.78, 5) is 13.1. The number of methoxy groups -OCH3 is 1. The second-order valence-corrected chi connectivity index (χ2v) is 5.22. The molecule has 20 heavy (non-hydrogen) atoms. The van der Waals surface area contributed by atoms with Gasteiger partial charge in [0, 0.05) is 17.0 Å². The van der Waals surface area contributed by atoms with Crippen molar-refractivity contribution < 1.29 is 9.53 Å². The predicted octanol–water partition coefficient (Wildman–Crippen LogP) is 3.08. The van der Waals surface area contributed by atoms with Crippen molar-refractivity contribution in [3.8, 4) is 11.8 Å². The number of amides is 1. The van der Waals surface area contributed by atoms with E-state index in [0.29, 0.717) is 12.1 Å². The summed E-state index contributed by atoms with van der Waals surface area (Å²) in [6.45, 7) is 0. The highest BCUT2D eigenvalue weighted by atomic mass is 32.1. The molecule has 0 radical (unpaired) electrons. The molecule has 0 aliphatic carbocycles. The number of nitriles is 1. The van der Waals surface area contributed by atoms with Crippen LogP contribution in [0, 0.1) is 17.2 Å². The molecule has 0 spiro atoms. The van der Waals surface area contributed by atoms with Gasteiger partial charge in [0.2, 0.25) is 5.91 Å². The number of rotatable bonds is 5. The molecule has 0 saturated heterocycles. The first kappa shape index (κ1) is 14.1. The molecule has 0 aliphatic heterocycles. The van der Waals surface area contributed by atoms with Crippen molar-refractivity contribution in [1.82, 2.24) is 0 Å². The van der Waals surface area contributed by atoms with Crippen molar-refractivity contribution in [3.63, 3.8) is 0 Å². The van der Waals surface area contributed by atoms with Crippen LogP contribution in [-0.4, -0.2) is 13.0 Å². The number of thiophene rings is 1. The molecule has 1 aromatic carbocycles. The summed E-state index contributed by atoms with van der Waals surface area (Å²) < 4.78 is 5.05. The highest BCUT2D eigenvalue weighted by Crippen LogP contribution is 2.18. The van der Waals surface area contributed by atoms with Gasteiger partial charge in [-0.25, -0.2) is 0 Å². The van der Waals surface area contributed by atoms with Crippen LogP contribution >= 0.6 is 11.3 Å². The summed E-state index contributed by atoms with van der Waals surface area (Å²) in [5.41, 5.74) is 0.655. The minimum Gasteiger partial charge on any atom is -0.497 e. The zero-order chi connectivity index (χ0) is 14.4. The molecule has 102 valence electrons. The molecule has 1 aromatic heterocycles. The Kier molecular flexibility index (Phi) is 4.75. The maximum absolute atomic E-state index is 12.1. The van der Waals surface area contributed by atoms with Crippen LogP contribution in [0.2, 0.25) is 0 Å². The Morgan fingerprint density at radius 1 is 1.40 bits per heavy atom. The van der Waals surface area contributed by atoms with Crippen LogP contribution in [0.15, 0.2) is 41.8 Å². The molecule has 4 nitrogen and oxygen atoms in total. The number of nitrogens with zero attached hydrogens (tertiary/aromatic N) is 1. The molecule has 0 bridgehead atoms. The van der Waals surface area contributed by atoms with Gasteiger partial charge in [-0.15, -0.1) is 11.3 Å². The number of hydrogen-bond acceptors (Lipinski definition) is 4. The van der Waals surface area contributed by atoms with Crippen molar-refractivity contribution in [2.24, 2.45) is 5.92 Å². The zero-order valence-corrected chi connectivity index (χ0v) is 11.8. The second kappa shape index (κ2) is 6.73. The van der Waals surface area contributed by atoms with E-state index in [-0.39, 0.29) is 5.91 Å². The topological polar surface area (TPSA) is 62.1 Å². The molecule has 1 atom stereocenters. The molecule has 0 saturated carbocycles. The van der Waals surface area contributed by atoms with Crippen LogP contribution in [0.4, 0.5) is 5.69 Å². The molecule has 5 heteroatoms. The Bertz CT molecular complexity index is 600. The van der Waals surface area contributed by atoms with Gasteiger partial charge < -0.3 is 10.1 Å². The Morgan fingerprint density at radius 3 is 2.70 bits per heavy atom. The van der Waals surface area contributed by atoms with Gasteiger partial charge in [0.05, 0.1) is 13.2 Å². The Morgan fingerprint density at radius 2 is 2.15 bits per heavy atom. The summed E-state index contributed by atoms with van der Waals surface area (Å²) in [5, 5.41) is 13.8. The van der Waals surface area contributed by atoms with Gasteiger partial charge in [-0.2, -0.15) is 5.26 Å². The van der Waals surface area contributed by atoms with E-state index in [4.69, 9.17) is 10.00 Å². The van der Waals surface area contributed by atoms with Crippen LogP contribution in [0.1, 0.15) is 4.88 Å². The maximum atomic E-state index is 12.1. The fourth-order valence-electron chi connectivity index (χ4n) is 1.73. The predicted molar refractivity (Wildman–Crippen MR) is 78.7 cm³/mol. The third kappa shape index (κ3) is 3.59. The van der Waals surface area contributed by atoms with E-state index < -0.39 is 5.92 Å². The van der Waals surface area contributed by atoms with Gasteiger partial charge >= 0.3 is 0 Å². The smallest absolute Gasteiger partial charge is 0.242 e. The monoisotopic (exact) mass is 286 g/mol. The van der Waals surface area contributed by atoms with Gasteiger partial charge in [0.15, 0.2) is 0 Å². The minimum absolute atomic E-state index is 0.286. The lowest BCUT2D eigenvalue weighted by molar-refractivity contribution is -0.118. The summed E-state index contributed by atoms with van der Waals surface area (Å²) >= 11 is 1.55. The maximum Gasteiger partial charge on any atom is 0.242 e. The first-order valence-corrected chi connectivity index (χ1v) is 6.98. The summed E-state index contributed by atoms with van der Waals surface area (Å²) in [6.07, 6.45) is 0.441. The second-order valence-electron chi connectivity index (χ2n) is 4.18. The van der Waals surface area contributed by atoms with Crippen LogP contribution < -0.4 is 10.1 Å². The third-order valence-electron chi connectivity index (χ3n) is 2.82. The molecule has 0 fully saturated rings. The number of carbonyl (C=O) groups excluding carboxylic acids is 1. The first-order valence-electron chi connectivity index (χ1n) is 6.10. The van der Waals surface area contributed by atoms with Crippen LogP contribution in [0.3, 0.4) is 0 Å². The Hall–Kier alpha value is -2.32. The largest absolute Gasteiger partial charge is 0.497 e. The zero-order valence-electron chi connectivity index (χ0n) is 11.0. The number of anilines is 1. The Balaban J connectivity index is 2.00. The Labute approximate surface area is 121 Å². The average Bonchev–Trinajstić information content (AvgIpc) is 2.98. The lowest BCUT2D eigenvalue weighted by atomic mass is 10.1. The molecular weight excluding hydrogens is 272 g/mol. The van der Waals surface area contributed by atoms with E-state index in [1.165, 1.54) is 0 Å². The van der Waals surface area contributed by atoms with E-state index in [1.54, 1.807) is 42.7 Å². The van der Waals surface area contributed by atoms with Crippen molar-refractivity contribution in [2.45, 2.75) is 6.42 Å². The fourth-order valence-corrected chi connectivity index (χ4v) is 2.48.